The molecule has 182 valence electrons. The number of rotatable bonds is 6. The van der Waals surface area contributed by atoms with Crippen LogP contribution in [0.25, 0.3) is 17.0 Å². The van der Waals surface area contributed by atoms with E-state index in [4.69, 9.17) is 9.51 Å². The molecule has 1 aliphatic rings. The van der Waals surface area contributed by atoms with Crippen molar-refractivity contribution in [3.63, 3.8) is 0 Å². The second-order valence-corrected chi connectivity index (χ2v) is 9.84. The van der Waals surface area contributed by atoms with E-state index in [1.807, 2.05) is 74.7 Å². The molecule has 0 bridgehead atoms. The average molecular weight is 497 g/mol. The Morgan fingerprint density at radius 2 is 1.78 bits per heavy atom. The zero-order valence-corrected chi connectivity index (χ0v) is 21.6. The molecule has 0 aliphatic carbocycles. The summed E-state index contributed by atoms with van der Waals surface area (Å²) in [5.74, 6) is 0.922. The van der Waals surface area contributed by atoms with Crippen molar-refractivity contribution >= 4 is 23.4 Å². The van der Waals surface area contributed by atoms with Crippen LogP contribution in [0, 0.1) is 13.8 Å². The van der Waals surface area contributed by atoms with Gasteiger partial charge in [-0.05, 0) is 61.9 Å². The Bertz CT molecular complexity index is 1440. The lowest BCUT2D eigenvalue weighted by Gasteiger charge is -2.35. The van der Waals surface area contributed by atoms with E-state index in [1.165, 1.54) is 0 Å². The minimum atomic E-state index is -0.410. The first-order valence-electron chi connectivity index (χ1n) is 11.8. The van der Waals surface area contributed by atoms with Crippen LogP contribution in [-0.2, 0) is 6.54 Å². The zero-order valence-electron chi connectivity index (χ0n) is 20.8. The lowest BCUT2D eigenvalue weighted by Crippen LogP contribution is -2.45. The van der Waals surface area contributed by atoms with Crippen LogP contribution in [0.1, 0.15) is 41.1 Å². The molecule has 2 amide bonds. The molecule has 7 heteroatoms. The van der Waals surface area contributed by atoms with Crippen LogP contribution in [-0.4, -0.2) is 27.3 Å². The number of nitrogens with zero attached hydrogens (tertiary/aromatic N) is 3. The molecule has 1 N–H and O–H groups in total. The van der Waals surface area contributed by atoms with E-state index in [0.717, 1.165) is 44.0 Å². The van der Waals surface area contributed by atoms with Crippen LogP contribution in [0.3, 0.4) is 0 Å². The Morgan fingerprint density at radius 1 is 1.00 bits per heavy atom. The SMILES string of the molecule is CSc1ccc(C2NC(=O)N(Cc3ccccc3C)C(C)=C2c2nc(-c3cccc(C)c3)no2)cc1. The van der Waals surface area contributed by atoms with Crippen molar-refractivity contribution in [2.75, 3.05) is 6.26 Å². The van der Waals surface area contributed by atoms with Gasteiger partial charge in [0, 0.05) is 16.2 Å². The summed E-state index contributed by atoms with van der Waals surface area (Å²) in [6, 6.07) is 23.7. The van der Waals surface area contributed by atoms with Gasteiger partial charge in [-0.25, -0.2) is 4.79 Å². The maximum atomic E-state index is 13.4. The summed E-state index contributed by atoms with van der Waals surface area (Å²) in [4.78, 5) is 21.1. The first kappa shape index (κ1) is 23.9. The first-order chi connectivity index (χ1) is 17.4. The number of aryl methyl sites for hydroxylation is 2. The average Bonchev–Trinajstić information content (AvgIpc) is 3.37. The number of carbonyl (C=O) groups is 1. The summed E-state index contributed by atoms with van der Waals surface area (Å²) in [5, 5.41) is 7.47. The minimum Gasteiger partial charge on any atom is -0.334 e. The smallest absolute Gasteiger partial charge is 0.322 e. The van der Waals surface area contributed by atoms with Gasteiger partial charge in [-0.3, -0.25) is 4.90 Å². The Morgan fingerprint density at radius 3 is 2.50 bits per heavy atom. The van der Waals surface area contributed by atoms with E-state index >= 15 is 0 Å². The van der Waals surface area contributed by atoms with Crippen LogP contribution < -0.4 is 5.32 Å². The largest absolute Gasteiger partial charge is 0.334 e. The Hall–Kier alpha value is -3.84. The van der Waals surface area contributed by atoms with E-state index in [1.54, 1.807) is 16.7 Å². The Labute approximate surface area is 215 Å². The number of thioether (sulfide) groups is 1. The molecule has 1 aliphatic heterocycles. The third-order valence-electron chi connectivity index (χ3n) is 6.57. The molecule has 0 saturated carbocycles. The van der Waals surface area contributed by atoms with E-state index in [2.05, 4.69) is 35.6 Å². The van der Waals surface area contributed by atoms with Gasteiger partial charge in [0.05, 0.1) is 18.2 Å². The maximum Gasteiger partial charge on any atom is 0.322 e. The van der Waals surface area contributed by atoms with Crippen molar-refractivity contribution < 1.29 is 9.32 Å². The quantitative estimate of drug-likeness (QED) is 0.298. The van der Waals surface area contributed by atoms with Crippen molar-refractivity contribution in [3.05, 3.63) is 107 Å². The van der Waals surface area contributed by atoms with E-state index < -0.39 is 6.04 Å². The fourth-order valence-corrected chi connectivity index (χ4v) is 4.90. The van der Waals surface area contributed by atoms with Gasteiger partial charge in [-0.2, -0.15) is 4.98 Å². The molecule has 0 saturated heterocycles. The van der Waals surface area contributed by atoms with E-state index in [-0.39, 0.29) is 6.03 Å². The molecule has 4 aromatic rings. The van der Waals surface area contributed by atoms with Crippen LogP contribution in [0.4, 0.5) is 4.79 Å². The van der Waals surface area contributed by atoms with Crippen molar-refractivity contribution in [2.24, 2.45) is 0 Å². The Kier molecular flexibility index (Phi) is 6.65. The summed E-state index contributed by atoms with van der Waals surface area (Å²) in [5.41, 5.74) is 6.78. The van der Waals surface area contributed by atoms with E-state index in [0.29, 0.717) is 18.3 Å². The zero-order chi connectivity index (χ0) is 25.2. The fourth-order valence-electron chi connectivity index (χ4n) is 4.49. The number of hydrogen-bond acceptors (Lipinski definition) is 5. The van der Waals surface area contributed by atoms with Crippen molar-refractivity contribution in [3.8, 4) is 11.4 Å². The molecule has 36 heavy (non-hydrogen) atoms. The fraction of sp³-hybridized carbons (Fsp3) is 0.207. The molecule has 0 fully saturated rings. The lowest BCUT2D eigenvalue weighted by molar-refractivity contribution is 0.203. The van der Waals surface area contributed by atoms with Gasteiger partial charge in [0.2, 0.25) is 5.82 Å². The van der Waals surface area contributed by atoms with Gasteiger partial charge < -0.3 is 9.84 Å². The Balaban J connectivity index is 1.60. The standard InChI is InChI=1S/C29H28N4O2S/c1-18-8-7-11-22(16-18)27-31-28(35-32-27)25-20(3)33(17-23-10-6-5-9-19(23)2)29(34)30-26(25)21-12-14-24(36-4)15-13-21/h5-16,26H,17H2,1-4H3,(H,30,34). The molecule has 1 atom stereocenters. The number of hydrogen-bond donors (Lipinski definition) is 1. The van der Waals surface area contributed by atoms with Crippen LogP contribution in [0.5, 0.6) is 0 Å². The van der Waals surface area contributed by atoms with Crippen LogP contribution >= 0.6 is 11.8 Å². The van der Waals surface area contributed by atoms with Gasteiger partial charge in [0.25, 0.3) is 5.89 Å². The lowest BCUT2D eigenvalue weighted by atomic mass is 9.94. The highest BCUT2D eigenvalue weighted by molar-refractivity contribution is 7.98. The normalized spacial score (nSPS) is 15.8. The van der Waals surface area contributed by atoms with Gasteiger partial charge in [-0.15, -0.1) is 11.8 Å². The van der Waals surface area contributed by atoms with Crippen LogP contribution in [0.2, 0.25) is 0 Å². The third-order valence-corrected chi connectivity index (χ3v) is 7.31. The predicted molar refractivity (Wildman–Crippen MR) is 143 cm³/mol. The molecule has 3 aromatic carbocycles. The second-order valence-electron chi connectivity index (χ2n) is 8.96. The highest BCUT2D eigenvalue weighted by Crippen LogP contribution is 2.38. The monoisotopic (exact) mass is 496 g/mol. The first-order valence-corrected chi connectivity index (χ1v) is 13.1. The molecule has 1 unspecified atom stereocenters. The van der Waals surface area contributed by atoms with Gasteiger partial charge in [0.1, 0.15) is 0 Å². The number of carbonyl (C=O) groups excluding carboxylic acids is 1. The molecule has 6 nitrogen and oxygen atoms in total. The molecule has 0 radical (unpaired) electrons. The number of amides is 2. The van der Waals surface area contributed by atoms with Gasteiger partial charge in [0.15, 0.2) is 0 Å². The van der Waals surface area contributed by atoms with Gasteiger partial charge >= 0.3 is 6.03 Å². The van der Waals surface area contributed by atoms with Gasteiger partial charge in [-0.1, -0.05) is 65.3 Å². The number of aromatic nitrogens is 2. The van der Waals surface area contributed by atoms with Crippen LogP contribution in [0.15, 0.2) is 87.9 Å². The number of nitrogens with one attached hydrogen (secondary N) is 1. The van der Waals surface area contributed by atoms with E-state index in [9.17, 15) is 4.79 Å². The number of urea groups is 1. The summed E-state index contributed by atoms with van der Waals surface area (Å²) in [6.45, 7) is 6.49. The van der Waals surface area contributed by atoms with Crippen molar-refractivity contribution in [2.45, 2.75) is 38.3 Å². The molecular formula is C29H28N4O2S. The summed E-state index contributed by atoms with van der Waals surface area (Å²) in [6.07, 6.45) is 2.04. The topological polar surface area (TPSA) is 71.3 Å². The highest BCUT2D eigenvalue weighted by atomic mass is 32.2. The maximum absolute atomic E-state index is 13.4. The number of benzene rings is 3. The highest BCUT2D eigenvalue weighted by Gasteiger charge is 2.36. The summed E-state index contributed by atoms with van der Waals surface area (Å²) >= 11 is 1.68. The molecular weight excluding hydrogens is 468 g/mol. The minimum absolute atomic E-state index is 0.156. The van der Waals surface area contributed by atoms with Crippen molar-refractivity contribution in [1.29, 1.82) is 0 Å². The molecule has 2 heterocycles. The molecule has 1 aromatic heterocycles. The summed E-state index contributed by atoms with van der Waals surface area (Å²) in [7, 11) is 0. The number of allylic oxidation sites excluding steroid dienone is 1. The third kappa shape index (κ3) is 4.66. The summed E-state index contributed by atoms with van der Waals surface area (Å²) < 4.78 is 5.82. The molecule has 5 rings (SSSR count). The predicted octanol–water partition coefficient (Wildman–Crippen LogP) is 6.77. The molecule has 0 spiro atoms. The second kappa shape index (κ2) is 10.0. The van der Waals surface area contributed by atoms with Crippen molar-refractivity contribution in [1.82, 2.24) is 20.4 Å².